The predicted molar refractivity (Wildman–Crippen MR) is 106 cm³/mol. The van der Waals surface area contributed by atoms with Gasteiger partial charge in [0.25, 0.3) is 5.56 Å². The number of nitrogens with zero attached hydrogens (tertiary/aromatic N) is 1. The molecule has 9 nitrogen and oxygen atoms in total. The molecule has 0 aliphatic heterocycles. The zero-order chi connectivity index (χ0) is 21.1. The van der Waals surface area contributed by atoms with E-state index in [1.165, 1.54) is 12.1 Å². The molecule has 29 heavy (non-hydrogen) atoms. The zero-order valence-corrected chi connectivity index (χ0v) is 15.3. The van der Waals surface area contributed by atoms with E-state index in [2.05, 4.69) is 15.4 Å². The number of hydrazine groups is 1. The SMILES string of the molecule is CCOc1cc(-c2ccc(F)c(C(=O)O)c2)ccc1-c1nc(NN)c(N)c(=O)[nH]1. The van der Waals surface area contributed by atoms with Gasteiger partial charge in [-0.2, -0.15) is 0 Å². The van der Waals surface area contributed by atoms with Crippen LogP contribution in [-0.2, 0) is 0 Å². The third-order valence-corrected chi connectivity index (χ3v) is 4.16. The molecule has 3 rings (SSSR count). The number of carboxylic acids is 1. The molecule has 0 radical (unpaired) electrons. The Balaban J connectivity index is 2.14. The smallest absolute Gasteiger partial charge is 0.338 e. The molecule has 3 aromatic rings. The van der Waals surface area contributed by atoms with E-state index in [0.717, 1.165) is 6.07 Å². The second kappa shape index (κ2) is 7.98. The largest absolute Gasteiger partial charge is 0.493 e. The lowest BCUT2D eigenvalue weighted by Gasteiger charge is -2.13. The Bertz CT molecular complexity index is 1150. The molecule has 1 heterocycles. The normalized spacial score (nSPS) is 10.6. The summed E-state index contributed by atoms with van der Waals surface area (Å²) < 4.78 is 19.4. The van der Waals surface area contributed by atoms with Crippen LogP contribution in [0.1, 0.15) is 17.3 Å². The molecule has 1 aromatic heterocycles. The fourth-order valence-electron chi connectivity index (χ4n) is 2.76. The number of hydrogen-bond acceptors (Lipinski definition) is 7. The highest BCUT2D eigenvalue weighted by atomic mass is 19.1. The van der Waals surface area contributed by atoms with Gasteiger partial charge in [-0.25, -0.2) is 20.0 Å². The molecule has 0 saturated carbocycles. The molecule has 0 spiro atoms. The number of nitrogen functional groups attached to an aromatic ring is 2. The molecule has 0 amide bonds. The van der Waals surface area contributed by atoms with Gasteiger partial charge in [0, 0.05) is 0 Å². The number of aromatic carboxylic acids is 1. The van der Waals surface area contributed by atoms with Gasteiger partial charge < -0.3 is 26.0 Å². The molecule has 7 N–H and O–H groups in total. The van der Waals surface area contributed by atoms with Gasteiger partial charge >= 0.3 is 5.97 Å². The maximum absolute atomic E-state index is 13.7. The van der Waals surface area contributed by atoms with Gasteiger partial charge in [0.15, 0.2) is 5.82 Å². The molecule has 10 heteroatoms. The molecular weight excluding hydrogens is 381 g/mol. The molecule has 0 saturated heterocycles. The number of benzene rings is 2. The number of nitrogens with one attached hydrogen (secondary N) is 2. The summed E-state index contributed by atoms with van der Waals surface area (Å²) in [6, 6.07) is 8.74. The molecule has 0 unspecified atom stereocenters. The van der Waals surface area contributed by atoms with Crippen molar-refractivity contribution in [2.75, 3.05) is 17.8 Å². The number of ether oxygens (including phenoxy) is 1. The average Bonchev–Trinajstić information content (AvgIpc) is 2.70. The van der Waals surface area contributed by atoms with Gasteiger partial charge in [-0.05, 0) is 42.3 Å². The van der Waals surface area contributed by atoms with E-state index in [1.807, 2.05) is 0 Å². The molecule has 0 atom stereocenters. The van der Waals surface area contributed by atoms with Crippen LogP contribution in [0, 0.1) is 5.82 Å². The Hall–Kier alpha value is -3.92. The summed E-state index contributed by atoms with van der Waals surface area (Å²) in [5.41, 5.74) is 8.28. The average molecular weight is 399 g/mol. The van der Waals surface area contributed by atoms with Crippen LogP contribution in [0.15, 0.2) is 41.2 Å². The summed E-state index contributed by atoms with van der Waals surface area (Å²) >= 11 is 0. The second-order valence-corrected chi connectivity index (χ2v) is 5.96. The van der Waals surface area contributed by atoms with Crippen LogP contribution in [-0.4, -0.2) is 27.7 Å². The maximum Gasteiger partial charge on any atom is 0.338 e. The number of carbonyl (C=O) groups is 1. The van der Waals surface area contributed by atoms with Gasteiger partial charge in [-0.3, -0.25) is 4.79 Å². The van der Waals surface area contributed by atoms with E-state index in [9.17, 15) is 14.0 Å². The van der Waals surface area contributed by atoms with Crippen LogP contribution in [0.3, 0.4) is 0 Å². The molecule has 0 aliphatic rings. The molecule has 0 bridgehead atoms. The molecule has 0 aliphatic carbocycles. The quantitative estimate of drug-likeness (QED) is 0.312. The van der Waals surface area contributed by atoms with E-state index >= 15 is 0 Å². The lowest BCUT2D eigenvalue weighted by atomic mass is 10.0. The summed E-state index contributed by atoms with van der Waals surface area (Å²) in [5.74, 6) is 3.74. The highest BCUT2D eigenvalue weighted by Gasteiger charge is 2.16. The summed E-state index contributed by atoms with van der Waals surface area (Å²) in [6.45, 7) is 2.10. The number of carboxylic acid groups (broad SMARTS) is 1. The van der Waals surface area contributed by atoms with Crippen molar-refractivity contribution in [1.82, 2.24) is 9.97 Å². The number of halogens is 1. The van der Waals surface area contributed by atoms with Crippen LogP contribution in [0.2, 0.25) is 0 Å². The van der Waals surface area contributed by atoms with Crippen molar-refractivity contribution in [3.8, 4) is 28.3 Å². The van der Waals surface area contributed by atoms with Crippen molar-refractivity contribution in [3.63, 3.8) is 0 Å². The lowest BCUT2D eigenvalue weighted by Crippen LogP contribution is -2.20. The van der Waals surface area contributed by atoms with E-state index in [0.29, 0.717) is 29.0 Å². The highest BCUT2D eigenvalue weighted by Crippen LogP contribution is 2.33. The summed E-state index contributed by atoms with van der Waals surface area (Å²) in [5, 5.41) is 9.13. The number of hydrogen-bond donors (Lipinski definition) is 5. The number of anilines is 2. The lowest BCUT2D eigenvalue weighted by molar-refractivity contribution is 0.0692. The molecule has 2 aromatic carbocycles. The minimum atomic E-state index is -1.36. The van der Waals surface area contributed by atoms with E-state index in [-0.39, 0.29) is 17.3 Å². The zero-order valence-electron chi connectivity index (χ0n) is 15.3. The van der Waals surface area contributed by atoms with Crippen molar-refractivity contribution in [1.29, 1.82) is 0 Å². The van der Waals surface area contributed by atoms with Crippen molar-refractivity contribution in [2.24, 2.45) is 5.84 Å². The topological polar surface area (TPSA) is 156 Å². The molecular formula is C19H18FN5O4. The van der Waals surface area contributed by atoms with Crippen LogP contribution >= 0.6 is 0 Å². The number of nitrogens with two attached hydrogens (primary N) is 2. The van der Waals surface area contributed by atoms with Gasteiger partial charge in [0.05, 0.1) is 17.7 Å². The van der Waals surface area contributed by atoms with Crippen LogP contribution < -0.4 is 27.3 Å². The second-order valence-electron chi connectivity index (χ2n) is 5.96. The minimum Gasteiger partial charge on any atom is -0.493 e. The van der Waals surface area contributed by atoms with E-state index in [4.69, 9.17) is 21.4 Å². The van der Waals surface area contributed by atoms with Gasteiger partial charge in [0.2, 0.25) is 0 Å². The maximum atomic E-state index is 13.7. The number of aromatic amines is 1. The van der Waals surface area contributed by atoms with Gasteiger partial charge in [-0.15, -0.1) is 0 Å². The summed E-state index contributed by atoms with van der Waals surface area (Å²) in [7, 11) is 0. The Morgan fingerprint density at radius 2 is 1.97 bits per heavy atom. The van der Waals surface area contributed by atoms with Gasteiger partial charge in [0.1, 0.15) is 23.1 Å². The number of H-pyrrole nitrogens is 1. The Labute approximate surface area is 164 Å². The minimum absolute atomic E-state index is 0.0138. The number of aromatic nitrogens is 2. The molecule has 150 valence electrons. The molecule has 0 fully saturated rings. The fraction of sp³-hybridized carbons (Fsp3) is 0.105. The Morgan fingerprint density at radius 3 is 2.62 bits per heavy atom. The summed E-state index contributed by atoms with van der Waals surface area (Å²) in [6.07, 6.45) is 0. The Morgan fingerprint density at radius 1 is 1.28 bits per heavy atom. The standard InChI is InChI=1S/C19H18FN5O4/c1-2-29-14-8-10(9-4-6-13(20)12(7-9)19(27)28)3-5-11(14)16-23-17(25-22)15(21)18(26)24-16/h3-8H,2,21-22H2,1H3,(H,27,28)(H2,23,24,25,26). The van der Waals surface area contributed by atoms with E-state index < -0.39 is 22.9 Å². The third-order valence-electron chi connectivity index (χ3n) is 4.16. The van der Waals surface area contributed by atoms with Crippen LogP contribution in [0.4, 0.5) is 15.9 Å². The predicted octanol–water partition coefficient (Wildman–Crippen LogP) is 2.21. The first-order chi connectivity index (χ1) is 13.8. The first kappa shape index (κ1) is 19.8. The van der Waals surface area contributed by atoms with E-state index in [1.54, 1.807) is 25.1 Å². The van der Waals surface area contributed by atoms with Crippen LogP contribution in [0.25, 0.3) is 22.5 Å². The monoisotopic (exact) mass is 399 g/mol. The van der Waals surface area contributed by atoms with Crippen LogP contribution in [0.5, 0.6) is 5.75 Å². The van der Waals surface area contributed by atoms with Crippen molar-refractivity contribution in [2.45, 2.75) is 6.92 Å². The highest BCUT2D eigenvalue weighted by molar-refractivity contribution is 5.90. The Kier molecular flexibility index (Phi) is 5.46. The fourth-order valence-corrected chi connectivity index (χ4v) is 2.76. The summed E-state index contributed by atoms with van der Waals surface area (Å²) in [4.78, 5) is 30.0. The first-order valence-electron chi connectivity index (χ1n) is 8.52. The third kappa shape index (κ3) is 3.87. The number of rotatable bonds is 6. The first-order valence-corrected chi connectivity index (χ1v) is 8.52. The van der Waals surface area contributed by atoms with Crippen molar-refractivity contribution < 1.29 is 19.0 Å². The van der Waals surface area contributed by atoms with Gasteiger partial charge in [-0.1, -0.05) is 12.1 Å². The van der Waals surface area contributed by atoms with Crippen molar-refractivity contribution in [3.05, 3.63) is 58.1 Å². The van der Waals surface area contributed by atoms with Crippen molar-refractivity contribution >= 4 is 17.5 Å².